The van der Waals surface area contributed by atoms with E-state index in [9.17, 15) is 5.11 Å². The minimum absolute atomic E-state index is 0.0664. The van der Waals surface area contributed by atoms with Crippen molar-refractivity contribution in [2.24, 2.45) is 0 Å². The molecule has 3 atom stereocenters. The number of benzene rings is 3. The number of rotatable bonds is 8. The standard InChI is InChI=1S/C26H31O2P/c1-5-26(4,29-24-17-10-9-15-22(24)20(3)27)23-16-11-12-19(2)25(23)28-18-21-13-7-6-8-14-21/h6-17,20,27,29H,5,18H2,1-4H3. The van der Waals surface area contributed by atoms with E-state index in [4.69, 9.17) is 4.74 Å². The summed E-state index contributed by atoms with van der Waals surface area (Å²) < 4.78 is 6.37. The van der Waals surface area contributed by atoms with Crippen molar-refractivity contribution < 1.29 is 9.84 Å². The molecule has 0 saturated heterocycles. The molecule has 0 aromatic heterocycles. The summed E-state index contributed by atoms with van der Waals surface area (Å²) in [5, 5.41) is 11.4. The summed E-state index contributed by atoms with van der Waals surface area (Å²) in [6.07, 6.45) is 0.524. The monoisotopic (exact) mass is 406 g/mol. The minimum atomic E-state index is -0.467. The van der Waals surface area contributed by atoms with Crippen molar-refractivity contribution >= 4 is 13.9 Å². The Labute approximate surface area is 176 Å². The highest BCUT2D eigenvalue weighted by atomic mass is 31.1. The Morgan fingerprint density at radius 2 is 1.66 bits per heavy atom. The Morgan fingerprint density at radius 3 is 2.34 bits per heavy atom. The topological polar surface area (TPSA) is 29.5 Å². The quantitative estimate of drug-likeness (QED) is 0.448. The molecule has 0 fully saturated rings. The van der Waals surface area contributed by atoms with Gasteiger partial charge in [-0.25, -0.2) is 0 Å². The summed E-state index contributed by atoms with van der Waals surface area (Å²) >= 11 is 0. The SMILES string of the molecule is CCC(C)(Pc1ccccc1C(C)O)c1cccc(C)c1OCc1ccccc1. The predicted molar refractivity (Wildman–Crippen MR) is 125 cm³/mol. The zero-order valence-corrected chi connectivity index (χ0v) is 18.8. The van der Waals surface area contributed by atoms with Gasteiger partial charge in [0, 0.05) is 10.7 Å². The summed E-state index contributed by atoms with van der Waals surface area (Å²) in [4.78, 5) is 0. The van der Waals surface area contributed by atoms with E-state index in [1.807, 2.05) is 37.3 Å². The summed E-state index contributed by atoms with van der Waals surface area (Å²) in [6, 6.07) is 25.0. The Bertz CT molecular complexity index is 936. The molecule has 1 N–H and O–H groups in total. The van der Waals surface area contributed by atoms with Crippen LogP contribution in [0, 0.1) is 6.92 Å². The first kappa shape index (κ1) is 21.6. The maximum Gasteiger partial charge on any atom is 0.126 e. The summed E-state index contributed by atoms with van der Waals surface area (Å²) in [7, 11) is 0.541. The number of hydrogen-bond donors (Lipinski definition) is 1. The van der Waals surface area contributed by atoms with Crippen LogP contribution < -0.4 is 10.0 Å². The number of aliphatic hydroxyl groups excluding tert-OH is 1. The molecule has 3 unspecified atom stereocenters. The molecule has 0 aliphatic rings. The molecule has 29 heavy (non-hydrogen) atoms. The largest absolute Gasteiger partial charge is 0.488 e. The van der Waals surface area contributed by atoms with Crippen LogP contribution in [-0.2, 0) is 11.8 Å². The average molecular weight is 407 g/mol. The molecule has 0 saturated carbocycles. The van der Waals surface area contributed by atoms with Crippen molar-refractivity contribution in [3.05, 3.63) is 95.1 Å². The molecular weight excluding hydrogens is 375 g/mol. The number of ether oxygens (including phenoxy) is 1. The molecule has 3 rings (SSSR count). The van der Waals surface area contributed by atoms with Crippen molar-refractivity contribution in [1.82, 2.24) is 0 Å². The molecule has 3 heteroatoms. The zero-order chi connectivity index (χ0) is 20.9. The lowest BCUT2D eigenvalue weighted by molar-refractivity contribution is 0.200. The number of para-hydroxylation sites is 1. The minimum Gasteiger partial charge on any atom is -0.488 e. The highest BCUT2D eigenvalue weighted by molar-refractivity contribution is 7.48. The summed E-state index contributed by atoms with van der Waals surface area (Å²) in [5.74, 6) is 0.989. The molecule has 0 amide bonds. The van der Waals surface area contributed by atoms with Crippen molar-refractivity contribution in [3.63, 3.8) is 0 Å². The third kappa shape index (κ3) is 5.07. The van der Waals surface area contributed by atoms with Gasteiger partial charge in [-0.1, -0.05) is 95.2 Å². The smallest absolute Gasteiger partial charge is 0.126 e. The highest BCUT2D eigenvalue weighted by Gasteiger charge is 2.30. The van der Waals surface area contributed by atoms with E-state index < -0.39 is 6.10 Å². The van der Waals surface area contributed by atoms with E-state index in [0.717, 1.165) is 23.3 Å². The van der Waals surface area contributed by atoms with Crippen LogP contribution >= 0.6 is 8.58 Å². The summed E-state index contributed by atoms with van der Waals surface area (Å²) in [6.45, 7) is 9.07. The predicted octanol–water partition coefficient (Wildman–Crippen LogP) is 6.26. The molecule has 0 heterocycles. The molecule has 152 valence electrons. The summed E-state index contributed by atoms with van der Waals surface area (Å²) in [5.41, 5.74) is 4.59. The number of aliphatic hydroxyl groups is 1. The normalized spacial score (nSPS) is 14.7. The van der Waals surface area contributed by atoms with Crippen LogP contribution in [0.3, 0.4) is 0 Å². The van der Waals surface area contributed by atoms with Crippen LogP contribution in [0.1, 0.15) is 55.5 Å². The van der Waals surface area contributed by atoms with Gasteiger partial charge < -0.3 is 9.84 Å². The third-order valence-electron chi connectivity index (χ3n) is 5.56. The maximum atomic E-state index is 10.2. The maximum absolute atomic E-state index is 10.2. The molecule has 0 spiro atoms. The zero-order valence-electron chi connectivity index (χ0n) is 17.8. The van der Waals surface area contributed by atoms with E-state index in [2.05, 4.69) is 63.2 Å². The van der Waals surface area contributed by atoms with Gasteiger partial charge in [0.15, 0.2) is 0 Å². The molecular formula is C26H31O2P. The van der Waals surface area contributed by atoms with Crippen LogP contribution in [-0.4, -0.2) is 5.11 Å². The van der Waals surface area contributed by atoms with Gasteiger partial charge in [-0.05, 0) is 42.3 Å². The fraction of sp³-hybridized carbons (Fsp3) is 0.308. The lowest BCUT2D eigenvalue weighted by atomic mass is 9.94. The van der Waals surface area contributed by atoms with Crippen molar-refractivity contribution in [1.29, 1.82) is 0 Å². The number of hydrogen-bond acceptors (Lipinski definition) is 2. The van der Waals surface area contributed by atoms with Crippen LogP contribution in [0.15, 0.2) is 72.8 Å². The van der Waals surface area contributed by atoms with Gasteiger partial charge in [-0.3, -0.25) is 0 Å². The van der Waals surface area contributed by atoms with Gasteiger partial charge in [0.25, 0.3) is 0 Å². The van der Waals surface area contributed by atoms with Crippen LogP contribution in [0.2, 0.25) is 0 Å². The molecule has 0 aliphatic carbocycles. The van der Waals surface area contributed by atoms with Crippen LogP contribution in [0.25, 0.3) is 0 Å². The number of aryl methyl sites for hydroxylation is 1. The first-order valence-corrected chi connectivity index (χ1v) is 11.3. The highest BCUT2D eigenvalue weighted by Crippen LogP contribution is 2.48. The fourth-order valence-corrected chi connectivity index (χ4v) is 5.35. The second-order valence-corrected chi connectivity index (χ2v) is 9.69. The van der Waals surface area contributed by atoms with Gasteiger partial charge in [0.05, 0.1) is 6.10 Å². The van der Waals surface area contributed by atoms with Crippen molar-refractivity contribution in [2.75, 3.05) is 0 Å². The van der Waals surface area contributed by atoms with E-state index in [1.165, 1.54) is 16.4 Å². The molecule has 0 radical (unpaired) electrons. The molecule has 0 bridgehead atoms. The Hall–Kier alpha value is -2.15. The third-order valence-corrected chi connectivity index (χ3v) is 7.46. The first-order valence-electron chi connectivity index (χ1n) is 10.3. The molecule has 0 aliphatic heterocycles. The van der Waals surface area contributed by atoms with Crippen molar-refractivity contribution in [2.45, 2.75) is 52.0 Å². The van der Waals surface area contributed by atoms with Crippen LogP contribution in [0.4, 0.5) is 0 Å². The van der Waals surface area contributed by atoms with Gasteiger partial charge in [0.2, 0.25) is 0 Å². The Morgan fingerprint density at radius 1 is 0.966 bits per heavy atom. The van der Waals surface area contributed by atoms with Gasteiger partial charge in [0.1, 0.15) is 12.4 Å². The molecule has 2 nitrogen and oxygen atoms in total. The fourth-order valence-electron chi connectivity index (χ4n) is 3.63. The van der Waals surface area contributed by atoms with Crippen LogP contribution in [0.5, 0.6) is 5.75 Å². The Balaban J connectivity index is 1.95. The average Bonchev–Trinajstić information content (AvgIpc) is 2.73. The second kappa shape index (κ2) is 9.57. The van der Waals surface area contributed by atoms with E-state index >= 15 is 0 Å². The van der Waals surface area contributed by atoms with Gasteiger partial charge in [-0.15, -0.1) is 0 Å². The Kier molecular flexibility index (Phi) is 7.11. The van der Waals surface area contributed by atoms with Gasteiger partial charge in [-0.2, -0.15) is 0 Å². The first-order chi connectivity index (χ1) is 13.9. The van der Waals surface area contributed by atoms with Gasteiger partial charge >= 0.3 is 0 Å². The van der Waals surface area contributed by atoms with Crippen molar-refractivity contribution in [3.8, 4) is 5.75 Å². The molecule has 3 aromatic rings. The second-order valence-electron chi connectivity index (χ2n) is 7.80. The van der Waals surface area contributed by atoms with E-state index in [-0.39, 0.29) is 5.16 Å². The van der Waals surface area contributed by atoms with E-state index in [1.54, 1.807) is 0 Å². The lowest BCUT2D eigenvalue weighted by Crippen LogP contribution is -2.22. The molecule has 3 aromatic carbocycles. The van der Waals surface area contributed by atoms with E-state index in [0.29, 0.717) is 15.2 Å². The lowest BCUT2D eigenvalue weighted by Gasteiger charge is -2.32.